The molecule has 1 aromatic carbocycles. The molecule has 0 spiro atoms. The molecule has 3 rings (SSSR count). The molecule has 0 bridgehead atoms. The number of ether oxygens (including phenoxy) is 1. The minimum atomic E-state index is 0.221. The number of methoxy groups -OCH3 is 1. The molecule has 7 heteroatoms. The third-order valence-corrected chi connectivity index (χ3v) is 4.61. The molecule has 7 nitrogen and oxygen atoms in total. The van der Waals surface area contributed by atoms with Gasteiger partial charge in [-0.2, -0.15) is 15.0 Å². The summed E-state index contributed by atoms with van der Waals surface area (Å²) in [5, 5.41) is 13.2. The molecule has 134 valence electrons. The van der Waals surface area contributed by atoms with Crippen molar-refractivity contribution in [3.05, 3.63) is 29.6 Å². The zero-order valence-electron chi connectivity index (χ0n) is 14.5. The van der Waals surface area contributed by atoms with E-state index in [0.717, 1.165) is 24.2 Å². The van der Waals surface area contributed by atoms with Crippen molar-refractivity contribution < 1.29 is 9.84 Å². The Morgan fingerprint density at radius 1 is 1.20 bits per heavy atom. The zero-order valence-corrected chi connectivity index (χ0v) is 14.5. The van der Waals surface area contributed by atoms with Gasteiger partial charge in [-0.1, -0.05) is 25.3 Å². The van der Waals surface area contributed by atoms with Crippen molar-refractivity contribution in [2.75, 3.05) is 24.7 Å². The van der Waals surface area contributed by atoms with Crippen molar-refractivity contribution in [3.8, 4) is 11.5 Å². The fraction of sp³-hybridized carbons (Fsp3) is 0.500. The Morgan fingerprint density at radius 2 is 2.00 bits per heavy atom. The number of phenolic OH excluding ortho intramolecular Hbond substituents is 1. The van der Waals surface area contributed by atoms with Crippen LogP contribution in [0.1, 0.15) is 49.4 Å². The summed E-state index contributed by atoms with van der Waals surface area (Å²) in [6, 6.07) is 5.29. The average molecular weight is 343 g/mol. The van der Waals surface area contributed by atoms with Gasteiger partial charge in [0.2, 0.25) is 11.9 Å². The van der Waals surface area contributed by atoms with Crippen LogP contribution in [-0.2, 0) is 6.42 Å². The standard InChI is InChI=1S/C18H25N5O2/c1-25-14-8-7-12(15(24)11-14)9-10-20-18-22-16(21-17(19)23-18)13-5-3-2-4-6-13/h7-8,11,13,24H,2-6,9-10H2,1H3,(H3,19,20,21,22,23). The van der Waals surface area contributed by atoms with E-state index in [0.29, 0.717) is 30.6 Å². The van der Waals surface area contributed by atoms with Crippen LogP contribution in [0.5, 0.6) is 11.5 Å². The summed E-state index contributed by atoms with van der Waals surface area (Å²) in [5.74, 6) is 2.79. The number of rotatable bonds is 6. The van der Waals surface area contributed by atoms with Crippen molar-refractivity contribution in [2.45, 2.75) is 44.4 Å². The van der Waals surface area contributed by atoms with Crippen molar-refractivity contribution in [3.63, 3.8) is 0 Å². The van der Waals surface area contributed by atoms with Gasteiger partial charge in [0.1, 0.15) is 17.3 Å². The topological polar surface area (TPSA) is 106 Å². The first-order valence-electron chi connectivity index (χ1n) is 8.77. The summed E-state index contributed by atoms with van der Waals surface area (Å²) in [7, 11) is 1.57. The van der Waals surface area contributed by atoms with E-state index < -0.39 is 0 Å². The van der Waals surface area contributed by atoms with Crippen molar-refractivity contribution in [2.24, 2.45) is 0 Å². The molecular weight excluding hydrogens is 318 g/mol. The Kier molecular flexibility index (Phi) is 5.53. The molecule has 25 heavy (non-hydrogen) atoms. The summed E-state index contributed by atoms with van der Waals surface area (Å²) in [6.45, 7) is 0.591. The first kappa shape index (κ1) is 17.3. The molecule has 4 N–H and O–H groups in total. The predicted octanol–water partition coefficient (Wildman–Crippen LogP) is 2.87. The van der Waals surface area contributed by atoms with Crippen LogP contribution >= 0.6 is 0 Å². The van der Waals surface area contributed by atoms with E-state index >= 15 is 0 Å². The highest BCUT2D eigenvalue weighted by atomic mass is 16.5. The summed E-state index contributed by atoms with van der Waals surface area (Å²) < 4.78 is 5.09. The van der Waals surface area contributed by atoms with Crippen molar-refractivity contribution in [1.82, 2.24) is 15.0 Å². The third kappa shape index (κ3) is 4.49. The van der Waals surface area contributed by atoms with Gasteiger partial charge < -0.3 is 20.9 Å². The van der Waals surface area contributed by atoms with E-state index in [1.165, 1.54) is 19.3 Å². The summed E-state index contributed by atoms with van der Waals surface area (Å²) in [4.78, 5) is 13.0. The molecule has 0 aliphatic heterocycles. The number of hydrogen-bond donors (Lipinski definition) is 3. The van der Waals surface area contributed by atoms with E-state index in [-0.39, 0.29) is 11.7 Å². The van der Waals surface area contributed by atoms with Gasteiger partial charge in [0, 0.05) is 18.5 Å². The monoisotopic (exact) mass is 343 g/mol. The van der Waals surface area contributed by atoms with Gasteiger partial charge in [-0.3, -0.25) is 0 Å². The number of nitrogen functional groups attached to an aromatic ring is 1. The van der Waals surface area contributed by atoms with Gasteiger partial charge in [0.05, 0.1) is 7.11 Å². The van der Waals surface area contributed by atoms with E-state index in [9.17, 15) is 5.11 Å². The zero-order chi connectivity index (χ0) is 17.6. The highest BCUT2D eigenvalue weighted by molar-refractivity contribution is 5.40. The molecule has 0 amide bonds. The summed E-state index contributed by atoms with van der Waals surface area (Å²) in [6.07, 6.45) is 6.59. The molecule has 0 atom stereocenters. The first-order chi connectivity index (χ1) is 12.2. The second-order valence-corrected chi connectivity index (χ2v) is 6.38. The van der Waals surface area contributed by atoms with E-state index in [2.05, 4.69) is 20.3 Å². The van der Waals surface area contributed by atoms with Gasteiger partial charge in [-0.15, -0.1) is 0 Å². The maximum Gasteiger partial charge on any atom is 0.227 e. The molecule has 0 saturated heterocycles. The van der Waals surface area contributed by atoms with Crippen LogP contribution in [0.4, 0.5) is 11.9 Å². The fourth-order valence-electron chi connectivity index (χ4n) is 3.22. The van der Waals surface area contributed by atoms with Crippen LogP contribution in [0.25, 0.3) is 0 Å². The first-order valence-corrected chi connectivity index (χ1v) is 8.77. The molecule has 1 aromatic heterocycles. The minimum Gasteiger partial charge on any atom is -0.508 e. The van der Waals surface area contributed by atoms with Gasteiger partial charge in [0.25, 0.3) is 0 Å². The van der Waals surface area contributed by atoms with Gasteiger partial charge in [-0.25, -0.2) is 0 Å². The van der Waals surface area contributed by atoms with E-state index in [1.807, 2.05) is 12.1 Å². The Hall–Kier alpha value is -2.57. The fourth-order valence-corrected chi connectivity index (χ4v) is 3.22. The minimum absolute atomic E-state index is 0.221. The molecular formula is C18H25N5O2. The Balaban J connectivity index is 1.62. The lowest BCUT2D eigenvalue weighted by molar-refractivity contribution is 0.406. The molecule has 2 aromatic rings. The van der Waals surface area contributed by atoms with Gasteiger partial charge in [0.15, 0.2) is 0 Å². The average Bonchev–Trinajstić information content (AvgIpc) is 2.63. The highest BCUT2D eigenvalue weighted by Gasteiger charge is 2.19. The van der Waals surface area contributed by atoms with E-state index in [1.54, 1.807) is 13.2 Å². The number of phenols is 1. The second kappa shape index (κ2) is 8.00. The number of aromatic hydroxyl groups is 1. The Labute approximate surface area is 147 Å². The molecule has 1 fully saturated rings. The Morgan fingerprint density at radius 3 is 2.72 bits per heavy atom. The third-order valence-electron chi connectivity index (χ3n) is 4.61. The number of benzene rings is 1. The van der Waals surface area contributed by atoms with Crippen molar-refractivity contribution in [1.29, 1.82) is 0 Å². The van der Waals surface area contributed by atoms with Crippen LogP contribution in [0.2, 0.25) is 0 Å². The number of anilines is 2. The van der Waals surface area contributed by atoms with Gasteiger partial charge >= 0.3 is 0 Å². The van der Waals surface area contributed by atoms with Crippen LogP contribution in [-0.4, -0.2) is 33.7 Å². The number of nitrogens with one attached hydrogen (secondary N) is 1. The molecule has 1 heterocycles. The summed E-state index contributed by atoms with van der Waals surface area (Å²) >= 11 is 0. The normalized spacial score (nSPS) is 15.1. The number of nitrogens with zero attached hydrogens (tertiary/aromatic N) is 3. The lowest BCUT2D eigenvalue weighted by Gasteiger charge is -2.20. The van der Waals surface area contributed by atoms with Crippen molar-refractivity contribution >= 4 is 11.9 Å². The highest BCUT2D eigenvalue weighted by Crippen LogP contribution is 2.31. The molecule has 1 saturated carbocycles. The maximum atomic E-state index is 10.0. The number of aromatic nitrogens is 3. The predicted molar refractivity (Wildman–Crippen MR) is 96.9 cm³/mol. The quantitative estimate of drug-likeness (QED) is 0.740. The lowest BCUT2D eigenvalue weighted by Crippen LogP contribution is -2.15. The van der Waals surface area contributed by atoms with Gasteiger partial charge in [-0.05, 0) is 30.9 Å². The molecule has 0 radical (unpaired) electrons. The smallest absolute Gasteiger partial charge is 0.227 e. The number of nitrogens with two attached hydrogens (primary N) is 1. The molecule has 1 aliphatic carbocycles. The molecule has 1 aliphatic rings. The van der Waals surface area contributed by atoms with Crippen LogP contribution in [0.3, 0.4) is 0 Å². The van der Waals surface area contributed by atoms with Crippen LogP contribution in [0, 0.1) is 0 Å². The largest absolute Gasteiger partial charge is 0.508 e. The Bertz CT molecular complexity index is 717. The number of hydrogen-bond acceptors (Lipinski definition) is 7. The van der Waals surface area contributed by atoms with E-state index in [4.69, 9.17) is 10.5 Å². The molecule has 0 unspecified atom stereocenters. The summed E-state index contributed by atoms with van der Waals surface area (Å²) in [5.41, 5.74) is 6.68. The SMILES string of the molecule is COc1ccc(CCNc2nc(N)nc(C3CCCCC3)n2)c(O)c1. The lowest BCUT2D eigenvalue weighted by atomic mass is 9.89. The maximum absolute atomic E-state index is 10.0. The van der Waals surface area contributed by atoms with Crippen LogP contribution < -0.4 is 15.8 Å². The second-order valence-electron chi connectivity index (χ2n) is 6.38. The van der Waals surface area contributed by atoms with Crippen LogP contribution in [0.15, 0.2) is 18.2 Å².